The van der Waals surface area contributed by atoms with E-state index >= 15 is 0 Å². The predicted octanol–water partition coefficient (Wildman–Crippen LogP) is 3.98. The Labute approximate surface area is 214 Å². The Morgan fingerprint density at radius 1 is 1.00 bits per heavy atom. The third-order valence-electron chi connectivity index (χ3n) is 5.74. The van der Waals surface area contributed by atoms with Gasteiger partial charge in [0.25, 0.3) is 0 Å². The van der Waals surface area contributed by atoms with Gasteiger partial charge in [0, 0.05) is 31.1 Å². The minimum atomic E-state index is -3.60. The van der Waals surface area contributed by atoms with Crippen LogP contribution in [0.2, 0.25) is 10.0 Å². The van der Waals surface area contributed by atoms with Crippen LogP contribution in [0.15, 0.2) is 30.3 Å². The first-order chi connectivity index (χ1) is 16.6. The molecule has 1 saturated heterocycles. The Morgan fingerprint density at radius 3 is 2.20 bits per heavy atom. The van der Waals surface area contributed by atoms with E-state index in [-0.39, 0.29) is 41.0 Å². The summed E-state index contributed by atoms with van der Waals surface area (Å²) in [5.74, 6) is -0.988. The quantitative estimate of drug-likeness (QED) is 0.500. The van der Waals surface area contributed by atoms with Crippen LogP contribution in [0.4, 0.5) is 5.69 Å². The van der Waals surface area contributed by atoms with Crippen molar-refractivity contribution in [1.82, 2.24) is 4.31 Å². The number of nitrogens with zero attached hydrogens (tertiary/aromatic N) is 1. The van der Waals surface area contributed by atoms with Gasteiger partial charge in [0.05, 0.1) is 48.4 Å². The van der Waals surface area contributed by atoms with Crippen molar-refractivity contribution in [2.75, 3.05) is 39.7 Å². The number of hydrogen-bond acceptors (Lipinski definition) is 7. The molecule has 1 aliphatic rings. The molecule has 1 aliphatic heterocycles. The van der Waals surface area contributed by atoms with Crippen LogP contribution in [0.1, 0.15) is 28.8 Å². The average Bonchev–Trinajstić information content (AvgIpc) is 2.85. The number of benzene rings is 2. The first-order valence-corrected chi connectivity index (χ1v) is 13.0. The highest BCUT2D eigenvalue weighted by Gasteiger charge is 2.32. The standard InChI is InChI=1S/C23H26Cl2N2O7S/c1-32-20-11-16(23(29)34-3)19(12-21(20)33-2)26-22(28)15-6-8-27(9-7-15)35(30,31)13-14-4-5-17(24)18(25)10-14/h4-5,10-12,15H,6-9,13H2,1-3H3,(H,26,28). The third-order valence-corrected chi connectivity index (χ3v) is 8.33. The third kappa shape index (κ3) is 6.38. The molecule has 0 aromatic heterocycles. The van der Waals surface area contributed by atoms with Crippen molar-refractivity contribution >= 4 is 50.8 Å². The van der Waals surface area contributed by atoms with Crippen LogP contribution >= 0.6 is 23.2 Å². The molecule has 190 valence electrons. The maximum Gasteiger partial charge on any atom is 0.340 e. The average molecular weight is 545 g/mol. The van der Waals surface area contributed by atoms with Crippen molar-refractivity contribution in [3.05, 3.63) is 51.5 Å². The van der Waals surface area contributed by atoms with Crippen LogP contribution in [-0.4, -0.2) is 59.0 Å². The molecule has 0 aliphatic carbocycles. The zero-order chi connectivity index (χ0) is 25.8. The van der Waals surface area contributed by atoms with Crippen molar-refractivity contribution in [2.24, 2.45) is 5.92 Å². The molecule has 1 amide bonds. The summed E-state index contributed by atoms with van der Waals surface area (Å²) in [5, 5.41) is 3.40. The Hall–Kier alpha value is -2.53. The maximum atomic E-state index is 13.0. The zero-order valence-corrected chi connectivity index (χ0v) is 21.8. The summed E-state index contributed by atoms with van der Waals surface area (Å²) < 4.78 is 42.4. The molecule has 9 nitrogen and oxygen atoms in total. The van der Waals surface area contributed by atoms with Gasteiger partial charge in [-0.1, -0.05) is 29.3 Å². The molecule has 12 heteroatoms. The van der Waals surface area contributed by atoms with E-state index < -0.39 is 21.9 Å². The fourth-order valence-electron chi connectivity index (χ4n) is 3.82. The summed E-state index contributed by atoms with van der Waals surface area (Å²) in [6.45, 7) is 0.384. The molecule has 0 spiro atoms. The van der Waals surface area contributed by atoms with Crippen LogP contribution < -0.4 is 14.8 Å². The minimum absolute atomic E-state index is 0.111. The monoisotopic (exact) mass is 544 g/mol. The molecule has 1 N–H and O–H groups in total. The number of rotatable bonds is 8. The first-order valence-electron chi connectivity index (χ1n) is 10.7. The molecular weight excluding hydrogens is 519 g/mol. The van der Waals surface area contributed by atoms with Gasteiger partial charge in [-0.15, -0.1) is 0 Å². The number of carbonyl (C=O) groups is 2. The van der Waals surface area contributed by atoms with Crippen LogP contribution in [0.25, 0.3) is 0 Å². The van der Waals surface area contributed by atoms with Crippen LogP contribution in [0, 0.1) is 5.92 Å². The molecule has 1 heterocycles. The van der Waals surface area contributed by atoms with Crippen molar-refractivity contribution in [3.8, 4) is 11.5 Å². The lowest BCUT2D eigenvalue weighted by Gasteiger charge is -2.30. The van der Waals surface area contributed by atoms with E-state index in [0.29, 0.717) is 34.9 Å². The van der Waals surface area contributed by atoms with Gasteiger partial charge < -0.3 is 19.5 Å². The number of piperidine rings is 1. The van der Waals surface area contributed by atoms with Gasteiger partial charge in [-0.3, -0.25) is 4.79 Å². The Balaban J connectivity index is 1.68. The topological polar surface area (TPSA) is 111 Å². The van der Waals surface area contributed by atoms with E-state index in [1.807, 2.05) is 0 Å². The molecule has 0 saturated carbocycles. The minimum Gasteiger partial charge on any atom is -0.493 e. The fourth-order valence-corrected chi connectivity index (χ4v) is 5.69. The largest absolute Gasteiger partial charge is 0.493 e. The van der Waals surface area contributed by atoms with Crippen molar-refractivity contribution in [3.63, 3.8) is 0 Å². The number of ether oxygens (including phenoxy) is 3. The number of nitrogens with one attached hydrogen (secondary N) is 1. The zero-order valence-electron chi connectivity index (χ0n) is 19.5. The van der Waals surface area contributed by atoms with Crippen LogP contribution in [-0.2, 0) is 25.3 Å². The van der Waals surface area contributed by atoms with Crippen molar-refractivity contribution < 1.29 is 32.2 Å². The number of methoxy groups -OCH3 is 3. The van der Waals surface area contributed by atoms with E-state index in [4.69, 9.17) is 37.4 Å². The van der Waals surface area contributed by atoms with E-state index in [2.05, 4.69) is 5.32 Å². The number of amides is 1. The summed E-state index contributed by atoms with van der Waals surface area (Å²) in [5.41, 5.74) is 0.859. The molecule has 0 bridgehead atoms. The first kappa shape index (κ1) is 27.1. The summed E-state index contributed by atoms with van der Waals surface area (Å²) >= 11 is 11.9. The fraction of sp³-hybridized carbons (Fsp3) is 0.391. The number of sulfonamides is 1. The Bertz CT molecular complexity index is 1210. The summed E-state index contributed by atoms with van der Waals surface area (Å²) in [6, 6.07) is 7.62. The number of carbonyl (C=O) groups excluding carboxylic acids is 2. The Kier molecular flexibility index (Phi) is 8.87. The normalized spacial score (nSPS) is 14.9. The van der Waals surface area contributed by atoms with Crippen LogP contribution in [0.5, 0.6) is 11.5 Å². The summed E-state index contributed by atoms with van der Waals surface area (Å²) in [6.07, 6.45) is 0.653. The van der Waals surface area contributed by atoms with Gasteiger partial charge in [-0.25, -0.2) is 17.5 Å². The van der Waals surface area contributed by atoms with Crippen molar-refractivity contribution in [1.29, 1.82) is 0 Å². The summed E-state index contributed by atoms with van der Waals surface area (Å²) in [7, 11) is 0.502. The molecule has 2 aromatic carbocycles. The van der Waals surface area contributed by atoms with Gasteiger partial charge in [0.15, 0.2) is 11.5 Å². The second-order valence-electron chi connectivity index (χ2n) is 7.91. The SMILES string of the molecule is COC(=O)c1cc(OC)c(OC)cc1NC(=O)C1CCN(S(=O)(=O)Cc2ccc(Cl)c(Cl)c2)CC1. The number of esters is 1. The second kappa shape index (κ2) is 11.5. The molecule has 0 radical (unpaired) electrons. The highest BCUT2D eigenvalue weighted by molar-refractivity contribution is 7.88. The van der Waals surface area contributed by atoms with E-state index in [1.54, 1.807) is 12.1 Å². The number of anilines is 1. The highest BCUT2D eigenvalue weighted by Crippen LogP contribution is 2.34. The van der Waals surface area contributed by atoms with E-state index in [9.17, 15) is 18.0 Å². The molecule has 2 aromatic rings. The predicted molar refractivity (Wildman–Crippen MR) is 133 cm³/mol. The lowest BCUT2D eigenvalue weighted by atomic mass is 9.97. The lowest BCUT2D eigenvalue weighted by molar-refractivity contribution is -0.120. The van der Waals surface area contributed by atoms with Crippen molar-refractivity contribution in [2.45, 2.75) is 18.6 Å². The molecular formula is C23H26Cl2N2O7S. The molecule has 1 fully saturated rings. The number of halogens is 2. The van der Waals surface area contributed by atoms with Gasteiger partial charge in [0.2, 0.25) is 15.9 Å². The van der Waals surface area contributed by atoms with Gasteiger partial charge >= 0.3 is 5.97 Å². The Morgan fingerprint density at radius 2 is 1.63 bits per heavy atom. The molecule has 3 rings (SSSR count). The van der Waals surface area contributed by atoms with Gasteiger partial charge in [-0.05, 0) is 30.5 Å². The number of hydrogen-bond donors (Lipinski definition) is 1. The smallest absolute Gasteiger partial charge is 0.340 e. The van der Waals surface area contributed by atoms with Gasteiger partial charge in [0.1, 0.15) is 0 Å². The maximum absolute atomic E-state index is 13.0. The molecule has 35 heavy (non-hydrogen) atoms. The van der Waals surface area contributed by atoms with E-state index in [0.717, 1.165) is 0 Å². The van der Waals surface area contributed by atoms with E-state index in [1.165, 1.54) is 43.8 Å². The van der Waals surface area contributed by atoms with Gasteiger partial charge in [-0.2, -0.15) is 0 Å². The second-order valence-corrected chi connectivity index (χ2v) is 10.7. The molecule has 0 unspecified atom stereocenters. The molecule has 0 atom stereocenters. The highest BCUT2D eigenvalue weighted by atomic mass is 35.5. The van der Waals surface area contributed by atoms with Crippen LogP contribution in [0.3, 0.4) is 0 Å². The summed E-state index contributed by atoms with van der Waals surface area (Å²) in [4.78, 5) is 25.2. The lowest BCUT2D eigenvalue weighted by Crippen LogP contribution is -2.42.